The average Bonchev–Trinajstić information content (AvgIpc) is 2.54. The molecule has 0 aromatic heterocycles. The van der Waals surface area contributed by atoms with Crippen molar-refractivity contribution in [2.45, 2.75) is 18.0 Å². The molecule has 1 atom stereocenters. The number of alkyl halides is 3. The quantitative estimate of drug-likeness (QED) is 0.420. The molecule has 0 aliphatic heterocycles. The van der Waals surface area contributed by atoms with Gasteiger partial charge in [0, 0.05) is 21.9 Å². The van der Waals surface area contributed by atoms with Gasteiger partial charge in [-0.3, -0.25) is 14.9 Å². The number of benzene rings is 2. The summed E-state index contributed by atoms with van der Waals surface area (Å²) in [6.45, 7) is -1.43. The summed E-state index contributed by atoms with van der Waals surface area (Å²) in [6, 6.07) is 11.8. The molecule has 0 N–H and O–H groups in total. The Morgan fingerprint density at radius 2 is 1.60 bits per heavy atom. The highest BCUT2D eigenvalue weighted by molar-refractivity contribution is 6.30. The first-order valence-electron chi connectivity index (χ1n) is 7.18. The van der Waals surface area contributed by atoms with Crippen molar-refractivity contribution in [2.24, 2.45) is 0 Å². The maximum atomic E-state index is 13.9. The van der Waals surface area contributed by atoms with Gasteiger partial charge in [-0.1, -0.05) is 41.9 Å². The summed E-state index contributed by atoms with van der Waals surface area (Å²) in [5, 5.41) is 11.3. The molecule has 0 saturated carbocycles. The average molecular weight is 372 g/mol. The number of rotatable bonds is 6. The van der Waals surface area contributed by atoms with Gasteiger partial charge in [0.25, 0.3) is 0 Å². The molecule has 132 valence electrons. The third-order valence-corrected chi connectivity index (χ3v) is 4.15. The van der Waals surface area contributed by atoms with E-state index in [2.05, 4.69) is 0 Å². The second-order valence-corrected chi connectivity index (χ2v) is 5.98. The van der Waals surface area contributed by atoms with Crippen LogP contribution in [0.5, 0.6) is 0 Å². The molecular weight excluding hydrogens is 359 g/mol. The van der Waals surface area contributed by atoms with E-state index in [0.29, 0.717) is 5.02 Å². The zero-order chi connectivity index (χ0) is 18.7. The summed E-state index contributed by atoms with van der Waals surface area (Å²) in [5.74, 6) is -0.848. The summed E-state index contributed by atoms with van der Waals surface area (Å²) in [7, 11) is 0. The molecule has 2 rings (SSSR count). The van der Waals surface area contributed by atoms with Crippen molar-refractivity contribution >= 4 is 17.4 Å². The molecule has 0 spiro atoms. The molecule has 0 aliphatic rings. The van der Waals surface area contributed by atoms with Gasteiger partial charge in [-0.2, -0.15) is 13.2 Å². The van der Waals surface area contributed by atoms with Crippen LogP contribution in [0.15, 0.2) is 54.6 Å². The van der Waals surface area contributed by atoms with Gasteiger partial charge in [-0.05, 0) is 29.8 Å². The van der Waals surface area contributed by atoms with E-state index in [1.165, 1.54) is 42.5 Å². The Labute approximate surface area is 146 Å². The van der Waals surface area contributed by atoms with Crippen LogP contribution in [0.25, 0.3) is 0 Å². The van der Waals surface area contributed by atoms with Crippen LogP contribution in [-0.2, 0) is 5.41 Å². The zero-order valence-electron chi connectivity index (χ0n) is 12.8. The molecule has 0 heterocycles. The van der Waals surface area contributed by atoms with Crippen LogP contribution < -0.4 is 0 Å². The third kappa shape index (κ3) is 4.17. The summed E-state index contributed by atoms with van der Waals surface area (Å²) < 4.78 is 41.7. The molecule has 0 bridgehead atoms. The number of carbonyl (C=O) groups excluding carboxylic acids is 1. The fourth-order valence-electron chi connectivity index (χ4n) is 2.59. The zero-order valence-corrected chi connectivity index (χ0v) is 13.6. The smallest absolute Gasteiger partial charge is 0.294 e. The van der Waals surface area contributed by atoms with Crippen molar-refractivity contribution in [3.63, 3.8) is 0 Å². The van der Waals surface area contributed by atoms with E-state index in [1.54, 1.807) is 0 Å². The number of Topliss-reactive ketones (excluding diaryl/α,β-unsaturated/α-hetero) is 1. The molecule has 4 nitrogen and oxygen atoms in total. The molecule has 0 saturated heterocycles. The van der Waals surface area contributed by atoms with Gasteiger partial charge >= 0.3 is 6.18 Å². The van der Waals surface area contributed by atoms with Crippen LogP contribution in [0.2, 0.25) is 5.02 Å². The minimum Gasteiger partial charge on any atom is -0.294 e. The van der Waals surface area contributed by atoms with E-state index >= 15 is 0 Å². The molecule has 0 amide bonds. The fraction of sp³-hybridized carbons (Fsp3) is 0.235. The Kier molecular flexibility index (Phi) is 5.47. The van der Waals surface area contributed by atoms with Crippen molar-refractivity contribution in [1.82, 2.24) is 0 Å². The molecule has 2 aromatic rings. The number of carbonyl (C=O) groups is 1. The fourth-order valence-corrected chi connectivity index (χ4v) is 2.72. The SMILES string of the molecule is O=C(C[C@](C[N+](=O)[O-])(c1ccccc1)C(F)(F)F)c1ccc(Cl)cc1. The molecule has 8 heteroatoms. The lowest BCUT2D eigenvalue weighted by atomic mass is 9.74. The van der Waals surface area contributed by atoms with Crippen molar-refractivity contribution in [1.29, 1.82) is 0 Å². The van der Waals surface area contributed by atoms with Crippen molar-refractivity contribution in [2.75, 3.05) is 6.54 Å². The van der Waals surface area contributed by atoms with Gasteiger partial charge in [0.2, 0.25) is 6.54 Å². The van der Waals surface area contributed by atoms with E-state index in [-0.39, 0.29) is 11.1 Å². The number of nitrogens with zero attached hydrogens (tertiary/aromatic N) is 1. The third-order valence-electron chi connectivity index (χ3n) is 3.90. The van der Waals surface area contributed by atoms with E-state index < -0.39 is 35.3 Å². The predicted octanol–water partition coefficient (Wildman–Crippen LogP) is 4.69. The van der Waals surface area contributed by atoms with E-state index in [0.717, 1.165) is 12.1 Å². The van der Waals surface area contributed by atoms with Crippen LogP contribution in [0, 0.1) is 10.1 Å². The highest BCUT2D eigenvalue weighted by Crippen LogP contribution is 2.44. The van der Waals surface area contributed by atoms with Crippen LogP contribution >= 0.6 is 11.6 Å². The Bertz CT molecular complexity index is 763. The van der Waals surface area contributed by atoms with Crippen molar-refractivity contribution in [3.8, 4) is 0 Å². The van der Waals surface area contributed by atoms with Crippen LogP contribution in [0.3, 0.4) is 0 Å². The first kappa shape index (κ1) is 18.9. The topological polar surface area (TPSA) is 60.2 Å². The van der Waals surface area contributed by atoms with Gasteiger partial charge in [0.05, 0.1) is 0 Å². The minimum atomic E-state index is -4.98. The number of hydrogen-bond donors (Lipinski definition) is 0. The lowest BCUT2D eigenvalue weighted by molar-refractivity contribution is -0.501. The first-order valence-corrected chi connectivity index (χ1v) is 7.56. The van der Waals surface area contributed by atoms with Crippen LogP contribution in [0.1, 0.15) is 22.3 Å². The standard InChI is InChI=1S/C17H13ClF3NO3/c18-14-8-6-12(7-9-14)15(23)10-16(11-22(24)25,17(19,20)21)13-4-2-1-3-5-13/h1-9H,10-11H2/t16-/m0/s1. The number of hydrogen-bond acceptors (Lipinski definition) is 3. The van der Waals surface area contributed by atoms with Gasteiger partial charge in [0.1, 0.15) is 0 Å². The number of nitro groups is 1. The molecule has 0 fully saturated rings. The van der Waals surface area contributed by atoms with E-state index in [9.17, 15) is 28.1 Å². The maximum Gasteiger partial charge on any atom is 0.405 e. The highest BCUT2D eigenvalue weighted by Gasteiger charge is 2.60. The first-order chi connectivity index (χ1) is 11.7. The highest BCUT2D eigenvalue weighted by atomic mass is 35.5. The van der Waals surface area contributed by atoms with Crippen molar-refractivity contribution < 1.29 is 22.9 Å². The molecule has 2 aromatic carbocycles. The van der Waals surface area contributed by atoms with Gasteiger partial charge < -0.3 is 0 Å². The number of halogens is 4. The second-order valence-electron chi connectivity index (χ2n) is 5.54. The summed E-state index contributed by atoms with van der Waals surface area (Å²) in [4.78, 5) is 22.3. The molecule has 0 aliphatic carbocycles. The molecule has 0 radical (unpaired) electrons. The Morgan fingerprint density at radius 1 is 1.04 bits per heavy atom. The molecule has 25 heavy (non-hydrogen) atoms. The monoisotopic (exact) mass is 371 g/mol. The lowest BCUT2D eigenvalue weighted by Gasteiger charge is -2.32. The normalized spacial score (nSPS) is 13.9. The molecule has 0 unspecified atom stereocenters. The van der Waals surface area contributed by atoms with Gasteiger partial charge in [-0.25, -0.2) is 0 Å². The Balaban J connectivity index is 2.52. The molecular formula is C17H13ClF3NO3. The summed E-state index contributed by atoms with van der Waals surface area (Å²) >= 11 is 5.71. The van der Waals surface area contributed by atoms with Crippen LogP contribution in [-0.4, -0.2) is 23.4 Å². The Morgan fingerprint density at radius 3 is 2.08 bits per heavy atom. The Hall–Kier alpha value is -2.41. The van der Waals surface area contributed by atoms with Gasteiger partial charge in [-0.15, -0.1) is 0 Å². The maximum absolute atomic E-state index is 13.9. The number of ketones is 1. The summed E-state index contributed by atoms with van der Waals surface area (Å²) in [5.41, 5.74) is -3.21. The summed E-state index contributed by atoms with van der Waals surface area (Å²) in [6.07, 6.45) is -6.05. The van der Waals surface area contributed by atoms with E-state index in [1.807, 2.05) is 0 Å². The largest absolute Gasteiger partial charge is 0.405 e. The minimum absolute atomic E-state index is 0.0114. The van der Waals surface area contributed by atoms with Crippen LogP contribution in [0.4, 0.5) is 13.2 Å². The predicted molar refractivity (Wildman–Crippen MR) is 86.4 cm³/mol. The van der Waals surface area contributed by atoms with Crippen molar-refractivity contribution in [3.05, 3.63) is 80.9 Å². The second kappa shape index (κ2) is 7.23. The lowest BCUT2D eigenvalue weighted by Crippen LogP contribution is -2.49. The van der Waals surface area contributed by atoms with E-state index in [4.69, 9.17) is 11.6 Å². The van der Waals surface area contributed by atoms with Gasteiger partial charge in [0.15, 0.2) is 11.2 Å².